The summed E-state index contributed by atoms with van der Waals surface area (Å²) in [6.07, 6.45) is 4.71. The molecule has 3 aliphatic rings. The molecule has 0 saturated carbocycles. The third-order valence-electron chi connectivity index (χ3n) is 6.70. The lowest BCUT2D eigenvalue weighted by Gasteiger charge is -2.35. The highest BCUT2D eigenvalue weighted by Gasteiger charge is 2.34. The molecule has 4 rings (SSSR count). The molecule has 3 aliphatic heterocycles. The van der Waals surface area contributed by atoms with Crippen molar-refractivity contribution in [2.75, 3.05) is 39.5 Å². The average molecular weight is 481 g/mol. The van der Waals surface area contributed by atoms with Crippen molar-refractivity contribution in [1.82, 2.24) is 9.21 Å². The normalized spacial score (nSPS) is 22.1. The quantitative estimate of drug-likeness (QED) is 0.575. The predicted octanol–water partition coefficient (Wildman–Crippen LogP) is 2.19. The maximum Gasteiger partial charge on any atom is 0.309 e. The Morgan fingerprint density at radius 1 is 1.03 bits per heavy atom. The second kappa shape index (κ2) is 10.3. The van der Waals surface area contributed by atoms with E-state index in [1.54, 1.807) is 6.07 Å². The van der Waals surface area contributed by atoms with Gasteiger partial charge in [-0.2, -0.15) is 4.31 Å². The number of piperidine rings is 2. The van der Waals surface area contributed by atoms with E-state index in [2.05, 4.69) is 6.92 Å². The van der Waals surface area contributed by atoms with Gasteiger partial charge in [-0.25, -0.2) is 8.42 Å². The molecule has 33 heavy (non-hydrogen) atoms. The fourth-order valence-corrected chi connectivity index (χ4v) is 6.24. The van der Waals surface area contributed by atoms with Gasteiger partial charge in [0, 0.05) is 31.7 Å². The first kappa shape index (κ1) is 23.8. The molecule has 10 heteroatoms. The fraction of sp³-hybridized carbons (Fsp3) is 0.652. The Kier molecular flexibility index (Phi) is 7.43. The molecule has 1 aromatic carbocycles. The number of nitrogens with zero attached hydrogens (tertiary/aromatic N) is 2. The van der Waals surface area contributed by atoms with Crippen LogP contribution in [0.1, 0.15) is 45.4 Å². The molecule has 0 aliphatic carbocycles. The molecular weight excluding hydrogens is 448 g/mol. The van der Waals surface area contributed by atoms with Crippen LogP contribution in [0.3, 0.4) is 0 Å². The summed E-state index contributed by atoms with van der Waals surface area (Å²) in [7, 11) is -3.71. The van der Waals surface area contributed by atoms with Gasteiger partial charge in [0.1, 0.15) is 13.2 Å². The number of hydrogen-bond donors (Lipinski definition) is 0. The first-order chi connectivity index (χ1) is 15.9. The van der Waals surface area contributed by atoms with Crippen LogP contribution in [0.25, 0.3) is 0 Å². The summed E-state index contributed by atoms with van der Waals surface area (Å²) >= 11 is 0. The second-order valence-electron chi connectivity index (χ2n) is 8.74. The van der Waals surface area contributed by atoms with Crippen LogP contribution >= 0.6 is 0 Å². The van der Waals surface area contributed by atoms with Gasteiger partial charge in [-0.3, -0.25) is 9.59 Å². The van der Waals surface area contributed by atoms with Gasteiger partial charge < -0.3 is 19.1 Å². The average Bonchev–Trinajstić information content (AvgIpc) is 2.86. The molecule has 2 fully saturated rings. The molecule has 0 spiro atoms. The van der Waals surface area contributed by atoms with Crippen LogP contribution < -0.4 is 9.47 Å². The number of carbonyl (C=O) groups excluding carboxylic acids is 2. The van der Waals surface area contributed by atoms with Gasteiger partial charge in [-0.1, -0.05) is 6.92 Å². The lowest BCUT2D eigenvalue weighted by molar-refractivity contribution is -0.157. The molecule has 1 unspecified atom stereocenters. The number of esters is 1. The predicted molar refractivity (Wildman–Crippen MR) is 120 cm³/mol. The van der Waals surface area contributed by atoms with Crippen molar-refractivity contribution >= 4 is 21.9 Å². The summed E-state index contributed by atoms with van der Waals surface area (Å²) in [4.78, 5) is 27.0. The molecule has 0 bridgehead atoms. The van der Waals surface area contributed by atoms with Crippen molar-refractivity contribution in [3.63, 3.8) is 0 Å². The van der Waals surface area contributed by atoms with Crippen molar-refractivity contribution < 1.29 is 32.2 Å². The Morgan fingerprint density at radius 2 is 1.76 bits per heavy atom. The molecule has 1 amide bonds. The molecule has 182 valence electrons. The Morgan fingerprint density at radius 3 is 2.48 bits per heavy atom. The molecule has 0 radical (unpaired) electrons. The number of hydrogen-bond acceptors (Lipinski definition) is 7. The van der Waals surface area contributed by atoms with Gasteiger partial charge >= 0.3 is 5.97 Å². The Balaban J connectivity index is 1.29. The topological polar surface area (TPSA) is 102 Å². The summed E-state index contributed by atoms with van der Waals surface area (Å²) in [6, 6.07) is 4.83. The number of rotatable bonds is 6. The van der Waals surface area contributed by atoms with Crippen molar-refractivity contribution in [2.24, 2.45) is 5.92 Å². The van der Waals surface area contributed by atoms with Crippen LogP contribution in [0.4, 0.5) is 0 Å². The van der Waals surface area contributed by atoms with Crippen LogP contribution in [0.2, 0.25) is 0 Å². The zero-order chi connectivity index (χ0) is 23.4. The van der Waals surface area contributed by atoms with E-state index in [1.165, 1.54) is 16.4 Å². The smallest absolute Gasteiger partial charge is 0.309 e. The van der Waals surface area contributed by atoms with E-state index >= 15 is 0 Å². The van der Waals surface area contributed by atoms with E-state index in [4.69, 9.17) is 14.2 Å². The van der Waals surface area contributed by atoms with Gasteiger partial charge in [-0.15, -0.1) is 0 Å². The maximum absolute atomic E-state index is 13.1. The molecular formula is C23H32N2O7S. The van der Waals surface area contributed by atoms with Crippen molar-refractivity contribution in [1.29, 1.82) is 0 Å². The number of likely N-dealkylation sites (tertiary alicyclic amines) is 1. The van der Waals surface area contributed by atoms with E-state index in [-0.39, 0.29) is 36.5 Å². The lowest BCUT2D eigenvalue weighted by atomic mass is 9.98. The summed E-state index contributed by atoms with van der Waals surface area (Å²) < 4.78 is 43.8. The van der Waals surface area contributed by atoms with Crippen LogP contribution in [-0.2, 0) is 24.3 Å². The monoisotopic (exact) mass is 480 g/mol. The van der Waals surface area contributed by atoms with Crippen LogP contribution in [0.5, 0.6) is 11.5 Å². The SMILES string of the molecule is CCC1CCCCN1C(=O)COC(=O)C1CCN(S(=O)(=O)c2ccc3c(c2)OCCO3)CC1. The number of fused-ring (bicyclic) bond motifs is 1. The number of sulfonamides is 1. The lowest BCUT2D eigenvalue weighted by Crippen LogP contribution is -2.46. The third kappa shape index (κ3) is 5.27. The molecule has 0 N–H and O–H groups in total. The largest absolute Gasteiger partial charge is 0.486 e. The van der Waals surface area contributed by atoms with Crippen LogP contribution in [0.15, 0.2) is 23.1 Å². The highest BCUT2D eigenvalue weighted by molar-refractivity contribution is 7.89. The highest BCUT2D eigenvalue weighted by Crippen LogP contribution is 2.34. The zero-order valence-corrected chi connectivity index (χ0v) is 19.8. The number of amides is 1. The standard InChI is InChI=1S/C23H32N2O7S/c1-2-18-5-3-4-10-25(18)22(26)16-32-23(27)17-8-11-24(12-9-17)33(28,29)19-6-7-20-21(15-19)31-14-13-30-20/h6-7,15,17-18H,2-5,8-14,16H2,1H3. The molecule has 1 aromatic rings. The fourth-order valence-electron chi connectivity index (χ4n) is 4.75. The van der Waals surface area contributed by atoms with E-state index in [1.807, 2.05) is 4.90 Å². The zero-order valence-electron chi connectivity index (χ0n) is 19.0. The Hall–Kier alpha value is -2.33. The van der Waals surface area contributed by atoms with Gasteiger partial charge in [0.2, 0.25) is 10.0 Å². The van der Waals surface area contributed by atoms with E-state index in [0.29, 0.717) is 44.1 Å². The van der Waals surface area contributed by atoms with Crippen LogP contribution in [0, 0.1) is 5.92 Å². The van der Waals surface area contributed by atoms with Crippen LogP contribution in [-0.4, -0.2) is 75.0 Å². The first-order valence-corrected chi connectivity index (χ1v) is 13.2. The van der Waals surface area contributed by atoms with E-state index in [0.717, 1.165) is 25.7 Å². The van der Waals surface area contributed by atoms with E-state index in [9.17, 15) is 18.0 Å². The molecule has 2 saturated heterocycles. The van der Waals surface area contributed by atoms with Gasteiger partial charge in [0.05, 0.1) is 10.8 Å². The van der Waals surface area contributed by atoms with Crippen molar-refractivity contribution in [3.8, 4) is 11.5 Å². The minimum absolute atomic E-state index is 0.144. The van der Waals surface area contributed by atoms with Gasteiger partial charge in [0.15, 0.2) is 18.1 Å². The molecule has 3 heterocycles. The summed E-state index contributed by atoms with van der Waals surface area (Å²) in [5.74, 6) is -0.0263. The number of carbonyl (C=O) groups is 2. The minimum atomic E-state index is -3.71. The summed E-state index contributed by atoms with van der Waals surface area (Å²) in [5, 5.41) is 0. The van der Waals surface area contributed by atoms with Gasteiger partial charge in [0.25, 0.3) is 5.91 Å². The Labute approximate surface area is 195 Å². The van der Waals surface area contributed by atoms with E-state index < -0.39 is 21.9 Å². The molecule has 9 nitrogen and oxygen atoms in total. The van der Waals surface area contributed by atoms with Crippen molar-refractivity contribution in [2.45, 2.75) is 56.4 Å². The maximum atomic E-state index is 13.1. The Bertz CT molecular complexity index is 973. The number of ether oxygens (including phenoxy) is 3. The molecule has 1 atom stereocenters. The summed E-state index contributed by atoms with van der Waals surface area (Å²) in [6.45, 7) is 3.78. The minimum Gasteiger partial charge on any atom is -0.486 e. The first-order valence-electron chi connectivity index (χ1n) is 11.8. The summed E-state index contributed by atoms with van der Waals surface area (Å²) in [5.41, 5.74) is 0. The highest BCUT2D eigenvalue weighted by atomic mass is 32.2. The van der Waals surface area contributed by atoms with Gasteiger partial charge in [-0.05, 0) is 50.7 Å². The second-order valence-corrected chi connectivity index (χ2v) is 10.7. The molecule has 0 aromatic heterocycles. The van der Waals surface area contributed by atoms with Crippen molar-refractivity contribution in [3.05, 3.63) is 18.2 Å². The third-order valence-corrected chi connectivity index (χ3v) is 8.59. The number of benzene rings is 1.